The molecule has 1 saturated heterocycles. The summed E-state index contributed by atoms with van der Waals surface area (Å²) in [5, 5.41) is 3.58. The van der Waals surface area contributed by atoms with Crippen molar-refractivity contribution in [3.8, 4) is 0 Å². The van der Waals surface area contributed by atoms with Crippen molar-refractivity contribution < 1.29 is 4.79 Å². The molecule has 0 spiro atoms. The second kappa shape index (κ2) is 5.85. The molecule has 0 bridgehead atoms. The Kier molecular flexibility index (Phi) is 4.99. The monoisotopic (exact) mass is 240 g/mol. The van der Waals surface area contributed by atoms with Gasteiger partial charge < -0.3 is 10.2 Å². The zero-order valence-electron chi connectivity index (χ0n) is 12.0. The molecule has 0 radical (unpaired) electrons. The number of likely N-dealkylation sites (tertiary alicyclic amines) is 1. The number of hydrogen-bond acceptors (Lipinski definition) is 2. The Balaban J connectivity index is 2.57. The molecule has 1 heterocycles. The Bertz CT molecular complexity index is 257. The molecular weight excluding hydrogens is 212 g/mol. The summed E-state index contributed by atoms with van der Waals surface area (Å²) >= 11 is 0. The van der Waals surface area contributed by atoms with Crippen molar-refractivity contribution in [3.05, 3.63) is 0 Å². The Labute approximate surface area is 106 Å². The van der Waals surface area contributed by atoms with Gasteiger partial charge in [-0.2, -0.15) is 0 Å². The average Bonchev–Trinajstić information content (AvgIpc) is 2.50. The molecule has 0 saturated carbocycles. The quantitative estimate of drug-likeness (QED) is 0.799. The number of nitrogens with one attached hydrogen (secondary N) is 1. The molecule has 0 aliphatic carbocycles. The van der Waals surface area contributed by atoms with Crippen molar-refractivity contribution in [2.45, 2.75) is 53.5 Å². The highest BCUT2D eigenvalue weighted by atomic mass is 16.2. The number of hydrogen-bond donors (Lipinski definition) is 1. The minimum absolute atomic E-state index is 0.196. The van der Waals surface area contributed by atoms with Crippen LogP contribution >= 0.6 is 0 Å². The summed E-state index contributed by atoms with van der Waals surface area (Å²) in [5.41, 5.74) is 0.196. The van der Waals surface area contributed by atoms with Gasteiger partial charge in [-0.25, -0.2) is 0 Å². The SMILES string of the molecule is CCCNC(CN1CC(C)CC1=O)C(C)(C)C. The molecule has 2 atom stereocenters. The summed E-state index contributed by atoms with van der Waals surface area (Å²) in [6.07, 6.45) is 1.86. The van der Waals surface area contributed by atoms with E-state index in [0.717, 1.165) is 32.5 Å². The molecule has 1 amide bonds. The summed E-state index contributed by atoms with van der Waals surface area (Å²) in [6, 6.07) is 0.386. The first-order valence-corrected chi connectivity index (χ1v) is 6.85. The molecule has 0 aromatic carbocycles. The fraction of sp³-hybridized carbons (Fsp3) is 0.929. The minimum Gasteiger partial charge on any atom is -0.341 e. The minimum atomic E-state index is 0.196. The van der Waals surface area contributed by atoms with Crippen molar-refractivity contribution in [2.24, 2.45) is 11.3 Å². The first-order chi connectivity index (χ1) is 7.84. The molecule has 0 aromatic heterocycles. The first-order valence-electron chi connectivity index (χ1n) is 6.85. The summed E-state index contributed by atoms with van der Waals surface area (Å²) in [5.74, 6) is 0.847. The molecule has 1 aliphatic heterocycles. The molecule has 17 heavy (non-hydrogen) atoms. The topological polar surface area (TPSA) is 32.3 Å². The molecule has 1 fully saturated rings. The molecule has 1 N–H and O–H groups in total. The Morgan fingerprint density at radius 3 is 2.53 bits per heavy atom. The number of amides is 1. The summed E-state index contributed by atoms with van der Waals surface area (Å²) in [4.78, 5) is 13.9. The molecule has 100 valence electrons. The molecule has 3 nitrogen and oxygen atoms in total. The normalized spacial score (nSPS) is 23.2. The molecular formula is C14H28N2O. The van der Waals surface area contributed by atoms with Crippen LogP contribution in [0.3, 0.4) is 0 Å². The lowest BCUT2D eigenvalue weighted by Crippen LogP contribution is -2.49. The Morgan fingerprint density at radius 1 is 1.47 bits per heavy atom. The fourth-order valence-electron chi connectivity index (χ4n) is 2.33. The van der Waals surface area contributed by atoms with Crippen LogP contribution in [0.2, 0.25) is 0 Å². The van der Waals surface area contributed by atoms with E-state index >= 15 is 0 Å². The Morgan fingerprint density at radius 2 is 2.12 bits per heavy atom. The van der Waals surface area contributed by atoms with Crippen molar-refractivity contribution in [1.29, 1.82) is 0 Å². The molecule has 0 aromatic rings. The van der Waals surface area contributed by atoms with Crippen molar-refractivity contribution >= 4 is 5.91 Å². The van der Waals surface area contributed by atoms with Crippen LogP contribution in [-0.2, 0) is 4.79 Å². The van der Waals surface area contributed by atoms with E-state index in [9.17, 15) is 4.79 Å². The first kappa shape index (κ1) is 14.5. The molecule has 1 rings (SSSR count). The van der Waals surface area contributed by atoms with Crippen molar-refractivity contribution in [1.82, 2.24) is 10.2 Å². The van der Waals surface area contributed by atoms with Gasteiger partial charge in [-0.05, 0) is 24.3 Å². The van der Waals surface area contributed by atoms with Gasteiger partial charge >= 0.3 is 0 Å². The van der Waals surface area contributed by atoms with Gasteiger partial charge in [0.25, 0.3) is 0 Å². The van der Waals surface area contributed by atoms with E-state index in [0.29, 0.717) is 17.9 Å². The fourth-order valence-corrected chi connectivity index (χ4v) is 2.33. The van der Waals surface area contributed by atoms with Crippen LogP contribution in [0.15, 0.2) is 0 Å². The third-order valence-electron chi connectivity index (χ3n) is 3.50. The van der Waals surface area contributed by atoms with Gasteiger partial charge in [0.1, 0.15) is 0 Å². The predicted octanol–water partition coefficient (Wildman–Crippen LogP) is 2.27. The van der Waals surface area contributed by atoms with Crippen LogP contribution in [0.25, 0.3) is 0 Å². The number of carbonyl (C=O) groups excluding carboxylic acids is 1. The van der Waals surface area contributed by atoms with Crippen LogP contribution < -0.4 is 5.32 Å². The number of rotatable bonds is 5. The maximum absolute atomic E-state index is 11.8. The van der Waals surface area contributed by atoms with E-state index in [4.69, 9.17) is 0 Å². The van der Waals surface area contributed by atoms with E-state index in [1.807, 2.05) is 4.90 Å². The van der Waals surface area contributed by atoms with E-state index in [1.165, 1.54) is 0 Å². The highest BCUT2D eigenvalue weighted by Gasteiger charge is 2.32. The molecule has 1 aliphatic rings. The van der Waals surface area contributed by atoms with Gasteiger partial charge in [0.05, 0.1) is 0 Å². The van der Waals surface area contributed by atoms with Gasteiger partial charge in [0.2, 0.25) is 5.91 Å². The van der Waals surface area contributed by atoms with Gasteiger partial charge in [-0.1, -0.05) is 34.6 Å². The second-order valence-corrected chi connectivity index (χ2v) is 6.48. The van der Waals surface area contributed by atoms with Gasteiger partial charge in [0, 0.05) is 25.6 Å². The maximum atomic E-state index is 11.8. The zero-order chi connectivity index (χ0) is 13.1. The lowest BCUT2D eigenvalue weighted by Gasteiger charge is -2.35. The number of nitrogens with zero attached hydrogens (tertiary/aromatic N) is 1. The van der Waals surface area contributed by atoms with E-state index in [2.05, 4.69) is 39.9 Å². The third kappa shape index (κ3) is 4.30. The van der Waals surface area contributed by atoms with Crippen LogP contribution in [0.4, 0.5) is 0 Å². The maximum Gasteiger partial charge on any atom is 0.222 e. The van der Waals surface area contributed by atoms with E-state index in [-0.39, 0.29) is 5.41 Å². The summed E-state index contributed by atoms with van der Waals surface area (Å²) in [7, 11) is 0. The van der Waals surface area contributed by atoms with Crippen molar-refractivity contribution in [3.63, 3.8) is 0 Å². The molecule has 2 unspecified atom stereocenters. The third-order valence-corrected chi connectivity index (χ3v) is 3.50. The Hall–Kier alpha value is -0.570. The van der Waals surface area contributed by atoms with E-state index < -0.39 is 0 Å². The standard InChI is InChI=1S/C14H28N2O/c1-6-7-15-12(14(3,4)5)10-16-9-11(2)8-13(16)17/h11-12,15H,6-10H2,1-5H3. The van der Waals surface area contributed by atoms with Gasteiger partial charge in [-0.3, -0.25) is 4.79 Å². The van der Waals surface area contributed by atoms with Gasteiger partial charge in [0.15, 0.2) is 0 Å². The van der Waals surface area contributed by atoms with Crippen LogP contribution in [0.1, 0.15) is 47.5 Å². The predicted molar refractivity (Wildman–Crippen MR) is 71.9 cm³/mol. The summed E-state index contributed by atoms with van der Waals surface area (Å²) < 4.78 is 0. The largest absolute Gasteiger partial charge is 0.341 e. The zero-order valence-corrected chi connectivity index (χ0v) is 12.0. The lowest BCUT2D eigenvalue weighted by atomic mass is 9.86. The highest BCUT2D eigenvalue weighted by Crippen LogP contribution is 2.23. The lowest BCUT2D eigenvalue weighted by molar-refractivity contribution is -0.128. The second-order valence-electron chi connectivity index (χ2n) is 6.48. The summed E-state index contributed by atoms with van der Waals surface area (Å²) in [6.45, 7) is 13.9. The van der Waals surface area contributed by atoms with Crippen LogP contribution in [0.5, 0.6) is 0 Å². The average molecular weight is 240 g/mol. The van der Waals surface area contributed by atoms with Gasteiger partial charge in [-0.15, -0.1) is 0 Å². The smallest absolute Gasteiger partial charge is 0.222 e. The highest BCUT2D eigenvalue weighted by molar-refractivity contribution is 5.78. The number of carbonyl (C=O) groups is 1. The van der Waals surface area contributed by atoms with E-state index in [1.54, 1.807) is 0 Å². The van der Waals surface area contributed by atoms with Crippen molar-refractivity contribution in [2.75, 3.05) is 19.6 Å². The van der Waals surface area contributed by atoms with Crippen LogP contribution in [-0.4, -0.2) is 36.5 Å². The van der Waals surface area contributed by atoms with Crippen LogP contribution in [0, 0.1) is 11.3 Å². The molecule has 3 heteroatoms.